The molecule has 1 amide bonds. The van der Waals surface area contributed by atoms with Crippen LogP contribution in [0.3, 0.4) is 0 Å². The quantitative estimate of drug-likeness (QED) is 0.859. The van der Waals surface area contributed by atoms with Crippen molar-refractivity contribution >= 4 is 5.91 Å². The number of hydrogen-bond donors (Lipinski definition) is 2. The van der Waals surface area contributed by atoms with E-state index in [0.717, 1.165) is 5.56 Å². The summed E-state index contributed by atoms with van der Waals surface area (Å²) in [6.45, 7) is 1.71. The van der Waals surface area contributed by atoms with Crippen molar-refractivity contribution in [1.82, 2.24) is 5.32 Å². The van der Waals surface area contributed by atoms with Crippen molar-refractivity contribution in [3.05, 3.63) is 71.0 Å². The summed E-state index contributed by atoms with van der Waals surface area (Å²) in [7, 11) is 0. The highest BCUT2D eigenvalue weighted by atomic mass is 19.1. The summed E-state index contributed by atoms with van der Waals surface area (Å²) < 4.78 is 13.3. The van der Waals surface area contributed by atoms with Gasteiger partial charge in [0.1, 0.15) is 5.82 Å². The van der Waals surface area contributed by atoms with Crippen molar-refractivity contribution in [3.63, 3.8) is 0 Å². The molecule has 0 fully saturated rings. The lowest BCUT2D eigenvalue weighted by atomic mass is 10.0. The number of halogens is 1. The smallest absolute Gasteiger partial charge is 0.251 e. The summed E-state index contributed by atoms with van der Waals surface area (Å²) in [5.41, 5.74) is 1.87. The minimum Gasteiger partial charge on any atom is -0.396 e. The van der Waals surface area contributed by atoms with Gasteiger partial charge in [0.2, 0.25) is 0 Å². The topological polar surface area (TPSA) is 49.3 Å². The highest BCUT2D eigenvalue weighted by molar-refractivity contribution is 5.94. The van der Waals surface area contributed by atoms with Gasteiger partial charge in [-0.05, 0) is 49.1 Å². The normalized spacial score (nSPS) is 12.0. The summed E-state index contributed by atoms with van der Waals surface area (Å²) in [4.78, 5) is 12.4. The largest absolute Gasteiger partial charge is 0.396 e. The molecule has 0 saturated heterocycles. The molecule has 0 aliphatic heterocycles. The summed E-state index contributed by atoms with van der Waals surface area (Å²) in [6.07, 6.45) is 1.24. The maximum Gasteiger partial charge on any atom is 0.251 e. The van der Waals surface area contributed by atoms with Gasteiger partial charge < -0.3 is 10.4 Å². The zero-order chi connectivity index (χ0) is 15.9. The Morgan fingerprint density at radius 2 is 1.95 bits per heavy atom. The van der Waals surface area contributed by atoms with E-state index in [1.165, 1.54) is 12.1 Å². The molecule has 2 N–H and O–H groups in total. The van der Waals surface area contributed by atoms with Gasteiger partial charge in [0, 0.05) is 12.2 Å². The van der Waals surface area contributed by atoms with Crippen LogP contribution in [0.5, 0.6) is 0 Å². The molecule has 0 radical (unpaired) electrons. The van der Waals surface area contributed by atoms with Crippen molar-refractivity contribution in [3.8, 4) is 0 Å². The van der Waals surface area contributed by atoms with Crippen molar-refractivity contribution in [2.45, 2.75) is 25.8 Å². The van der Waals surface area contributed by atoms with E-state index in [1.807, 2.05) is 30.3 Å². The van der Waals surface area contributed by atoms with E-state index in [1.54, 1.807) is 13.0 Å². The SMILES string of the molecule is Cc1cc(C(=O)NC(CCCO)c2ccccc2)ccc1F. The highest BCUT2D eigenvalue weighted by Crippen LogP contribution is 2.19. The van der Waals surface area contributed by atoms with Gasteiger partial charge in [0.15, 0.2) is 0 Å². The van der Waals surface area contributed by atoms with Gasteiger partial charge in [-0.1, -0.05) is 30.3 Å². The first kappa shape index (κ1) is 16.2. The van der Waals surface area contributed by atoms with E-state index >= 15 is 0 Å². The Morgan fingerprint density at radius 1 is 1.23 bits per heavy atom. The Labute approximate surface area is 129 Å². The number of benzene rings is 2. The molecular weight excluding hydrogens is 281 g/mol. The zero-order valence-electron chi connectivity index (χ0n) is 12.6. The predicted molar refractivity (Wildman–Crippen MR) is 84.1 cm³/mol. The van der Waals surface area contributed by atoms with E-state index in [9.17, 15) is 9.18 Å². The minimum atomic E-state index is -0.323. The van der Waals surface area contributed by atoms with Crippen LogP contribution in [-0.2, 0) is 0 Å². The molecule has 116 valence electrons. The first-order valence-corrected chi connectivity index (χ1v) is 7.34. The molecule has 0 aliphatic carbocycles. The number of amides is 1. The van der Waals surface area contributed by atoms with Crippen molar-refractivity contribution < 1.29 is 14.3 Å². The van der Waals surface area contributed by atoms with Crippen LogP contribution in [0, 0.1) is 12.7 Å². The number of aliphatic hydroxyl groups excluding tert-OH is 1. The van der Waals surface area contributed by atoms with Gasteiger partial charge in [0.25, 0.3) is 5.91 Å². The Balaban J connectivity index is 2.15. The molecule has 2 rings (SSSR count). The summed E-state index contributed by atoms with van der Waals surface area (Å²) in [6, 6.07) is 13.8. The molecule has 3 nitrogen and oxygen atoms in total. The number of carbonyl (C=O) groups is 1. The maximum atomic E-state index is 13.3. The van der Waals surface area contributed by atoms with Crippen LogP contribution < -0.4 is 5.32 Å². The fourth-order valence-electron chi connectivity index (χ4n) is 2.33. The molecule has 0 saturated carbocycles. The van der Waals surface area contributed by atoms with Crippen molar-refractivity contribution in [2.75, 3.05) is 6.61 Å². The standard InChI is InChI=1S/C18H20FNO2/c1-13-12-15(9-10-16(13)19)18(22)20-17(8-5-11-21)14-6-3-2-4-7-14/h2-4,6-7,9-10,12,17,21H,5,8,11H2,1H3,(H,20,22). The van der Waals surface area contributed by atoms with Gasteiger partial charge >= 0.3 is 0 Å². The molecular formula is C18H20FNO2. The average Bonchev–Trinajstić information content (AvgIpc) is 2.54. The fourth-order valence-corrected chi connectivity index (χ4v) is 2.33. The number of carbonyl (C=O) groups excluding carboxylic acids is 1. The lowest BCUT2D eigenvalue weighted by molar-refractivity contribution is 0.0932. The Hall–Kier alpha value is -2.20. The van der Waals surface area contributed by atoms with Gasteiger partial charge in [-0.2, -0.15) is 0 Å². The number of aliphatic hydroxyl groups is 1. The van der Waals surface area contributed by atoms with Crippen LogP contribution in [-0.4, -0.2) is 17.6 Å². The second kappa shape index (κ2) is 7.71. The third-order valence-electron chi connectivity index (χ3n) is 3.58. The van der Waals surface area contributed by atoms with Gasteiger partial charge in [0.05, 0.1) is 6.04 Å². The molecule has 2 aromatic carbocycles. The molecule has 1 unspecified atom stereocenters. The van der Waals surface area contributed by atoms with E-state index in [4.69, 9.17) is 5.11 Å². The lowest BCUT2D eigenvalue weighted by Gasteiger charge is -2.19. The summed E-state index contributed by atoms with van der Waals surface area (Å²) >= 11 is 0. The summed E-state index contributed by atoms with van der Waals surface area (Å²) in [5.74, 6) is -0.564. The third kappa shape index (κ3) is 4.15. The van der Waals surface area contributed by atoms with E-state index < -0.39 is 0 Å². The van der Waals surface area contributed by atoms with Crippen molar-refractivity contribution in [1.29, 1.82) is 0 Å². The number of nitrogens with one attached hydrogen (secondary N) is 1. The lowest BCUT2D eigenvalue weighted by Crippen LogP contribution is -2.28. The van der Waals surface area contributed by atoms with E-state index in [0.29, 0.717) is 24.0 Å². The maximum absolute atomic E-state index is 13.3. The fraction of sp³-hybridized carbons (Fsp3) is 0.278. The van der Waals surface area contributed by atoms with E-state index in [-0.39, 0.29) is 24.4 Å². The van der Waals surface area contributed by atoms with Crippen molar-refractivity contribution in [2.24, 2.45) is 0 Å². The Morgan fingerprint density at radius 3 is 2.59 bits per heavy atom. The monoisotopic (exact) mass is 301 g/mol. The zero-order valence-corrected chi connectivity index (χ0v) is 12.6. The Bertz CT molecular complexity index is 628. The van der Waals surface area contributed by atoms with Crippen LogP contribution in [0.2, 0.25) is 0 Å². The average molecular weight is 301 g/mol. The van der Waals surface area contributed by atoms with E-state index in [2.05, 4.69) is 5.32 Å². The van der Waals surface area contributed by atoms with Crippen LogP contribution in [0.25, 0.3) is 0 Å². The molecule has 0 bridgehead atoms. The second-order valence-electron chi connectivity index (χ2n) is 5.27. The van der Waals surface area contributed by atoms with Gasteiger partial charge in [-0.15, -0.1) is 0 Å². The number of rotatable bonds is 6. The molecule has 1 atom stereocenters. The molecule has 0 aromatic heterocycles. The molecule has 0 aliphatic rings. The summed E-state index contributed by atoms with van der Waals surface area (Å²) in [5, 5.41) is 12.0. The molecule has 4 heteroatoms. The Kier molecular flexibility index (Phi) is 5.67. The first-order chi connectivity index (χ1) is 10.6. The highest BCUT2D eigenvalue weighted by Gasteiger charge is 2.16. The minimum absolute atomic E-state index is 0.0782. The van der Waals surface area contributed by atoms with Crippen LogP contribution in [0.1, 0.15) is 40.4 Å². The van der Waals surface area contributed by atoms with Gasteiger partial charge in [-0.25, -0.2) is 4.39 Å². The third-order valence-corrected chi connectivity index (χ3v) is 3.58. The molecule has 22 heavy (non-hydrogen) atoms. The first-order valence-electron chi connectivity index (χ1n) is 7.34. The number of hydrogen-bond acceptors (Lipinski definition) is 2. The van der Waals surface area contributed by atoms with Crippen LogP contribution in [0.15, 0.2) is 48.5 Å². The second-order valence-corrected chi connectivity index (χ2v) is 5.27. The van der Waals surface area contributed by atoms with Gasteiger partial charge in [-0.3, -0.25) is 4.79 Å². The molecule has 2 aromatic rings. The van der Waals surface area contributed by atoms with Crippen LogP contribution >= 0.6 is 0 Å². The predicted octanol–water partition coefficient (Wildman–Crippen LogP) is 3.38. The molecule has 0 spiro atoms. The van der Waals surface area contributed by atoms with Crippen LogP contribution in [0.4, 0.5) is 4.39 Å². The molecule has 0 heterocycles. The number of aryl methyl sites for hydroxylation is 1.